The molecule has 4 rings (SSSR count). The number of aromatic nitrogens is 1. The molecule has 30 heavy (non-hydrogen) atoms. The number of halogens is 2. The number of fused-ring (bicyclic) bond motifs is 1. The van der Waals surface area contributed by atoms with Crippen molar-refractivity contribution in [2.75, 3.05) is 0 Å². The molecule has 1 atom stereocenters. The van der Waals surface area contributed by atoms with E-state index in [4.69, 9.17) is 16.3 Å². The van der Waals surface area contributed by atoms with Gasteiger partial charge in [0, 0.05) is 34.8 Å². The molecule has 154 valence electrons. The number of benzene rings is 2. The standard InChI is InChI=1S/C23H19ClFNO4/c1-13-11-19-22(23(29)26(13)10-9-14-5-7-15(27)8-6-14)16(12-20(28)30-19)21-17(24)3-2-4-18(21)25/h2-8,11,16,27H,9-10,12H2,1H3/t16-/m1/s1. The van der Waals surface area contributed by atoms with Crippen LogP contribution in [0.25, 0.3) is 0 Å². The van der Waals surface area contributed by atoms with Crippen molar-refractivity contribution in [1.29, 1.82) is 0 Å². The summed E-state index contributed by atoms with van der Waals surface area (Å²) in [5.41, 5.74) is 1.61. The summed E-state index contributed by atoms with van der Waals surface area (Å²) in [5.74, 6) is -1.59. The first-order chi connectivity index (χ1) is 14.3. The molecule has 1 N–H and O–H groups in total. The molecule has 0 fully saturated rings. The van der Waals surface area contributed by atoms with Crippen LogP contribution in [0.3, 0.4) is 0 Å². The first kappa shape index (κ1) is 20.2. The van der Waals surface area contributed by atoms with E-state index in [1.165, 1.54) is 18.2 Å². The van der Waals surface area contributed by atoms with Gasteiger partial charge in [0.25, 0.3) is 5.56 Å². The molecule has 7 heteroatoms. The van der Waals surface area contributed by atoms with Crippen molar-refractivity contribution >= 4 is 17.6 Å². The zero-order valence-electron chi connectivity index (χ0n) is 16.2. The molecule has 3 aromatic rings. The summed E-state index contributed by atoms with van der Waals surface area (Å²) in [4.78, 5) is 25.5. The maximum Gasteiger partial charge on any atom is 0.312 e. The summed E-state index contributed by atoms with van der Waals surface area (Å²) < 4.78 is 21.5. The Morgan fingerprint density at radius 3 is 2.60 bits per heavy atom. The monoisotopic (exact) mass is 427 g/mol. The van der Waals surface area contributed by atoms with Gasteiger partial charge >= 0.3 is 5.97 Å². The molecule has 0 spiro atoms. The van der Waals surface area contributed by atoms with Crippen LogP contribution >= 0.6 is 11.6 Å². The lowest BCUT2D eigenvalue weighted by Crippen LogP contribution is -2.34. The summed E-state index contributed by atoms with van der Waals surface area (Å²) in [6, 6.07) is 12.7. The van der Waals surface area contributed by atoms with E-state index in [1.54, 1.807) is 41.8 Å². The van der Waals surface area contributed by atoms with Gasteiger partial charge in [0.15, 0.2) is 0 Å². The minimum Gasteiger partial charge on any atom is -0.508 e. The SMILES string of the molecule is Cc1cc2c(c(=O)n1CCc1ccc(O)cc1)[C@@H](c1c(F)cccc1Cl)CC(=O)O2. The third-order valence-corrected chi connectivity index (χ3v) is 5.69. The number of carbonyl (C=O) groups excluding carboxylic acids is 1. The normalized spacial score (nSPS) is 15.6. The van der Waals surface area contributed by atoms with Crippen molar-refractivity contribution in [2.24, 2.45) is 0 Å². The van der Waals surface area contributed by atoms with Crippen LogP contribution in [-0.4, -0.2) is 15.6 Å². The Balaban J connectivity index is 1.78. The highest BCUT2D eigenvalue weighted by Crippen LogP contribution is 2.40. The molecular weight excluding hydrogens is 409 g/mol. The lowest BCUT2D eigenvalue weighted by Gasteiger charge is -2.27. The quantitative estimate of drug-likeness (QED) is 0.629. The fourth-order valence-corrected chi connectivity index (χ4v) is 4.16. The Hall–Kier alpha value is -3.12. The van der Waals surface area contributed by atoms with Crippen molar-refractivity contribution in [1.82, 2.24) is 4.57 Å². The van der Waals surface area contributed by atoms with Crippen LogP contribution in [-0.2, 0) is 17.8 Å². The first-order valence-corrected chi connectivity index (χ1v) is 9.89. The van der Waals surface area contributed by atoms with E-state index in [9.17, 15) is 19.1 Å². The van der Waals surface area contributed by atoms with E-state index >= 15 is 0 Å². The third kappa shape index (κ3) is 3.71. The predicted octanol–water partition coefficient (Wildman–Crippen LogP) is 4.34. The number of rotatable bonds is 4. The highest BCUT2D eigenvalue weighted by molar-refractivity contribution is 6.31. The number of hydrogen-bond acceptors (Lipinski definition) is 4. The summed E-state index contributed by atoms with van der Waals surface area (Å²) in [7, 11) is 0. The highest BCUT2D eigenvalue weighted by atomic mass is 35.5. The number of phenols is 1. The van der Waals surface area contributed by atoms with Gasteiger partial charge in [-0.15, -0.1) is 0 Å². The minimum atomic E-state index is -0.817. The molecule has 0 aliphatic carbocycles. The fourth-order valence-electron chi connectivity index (χ4n) is 3.87. The molecule has 0 radical (unpaired) electrons. The molecule has 2 aromatic carbocycles. The van der Waals surface area contributed by atoms with Crippen LogP contribution in [0.1, 0.15) is 34.7 Å². The van der Waals surface area contributed by atoms with Crippen LogP contribution in [0.4, 0.5) is 4.39 Å². The number of pyridine rings is 1. The van der Waals surface area contributed by atoms with Gasteiger partial charge in [-0.25, -0.2) is 4.39 Å². The van der Waals surface area contributed by atoms with E-state index in [-0.39, 0.29) is 39.6 Å². The Morgan fingerprint density at radius 1 is 1.17 bits per heavy atom. The average molecular weight is 428 g/mol. The maximum absolute atomic E-state index is 14.6. The first-order valence-electron chi connectivity index (χ1n) is 9.52. The highest BCUT2D eigenvalue weighted by Gasteiger charge is 2.35. The molecule has 0 saturated carbocycles. The molecule has 0 amide bonds. The van der Waals surface area contributed by atoms with Crippen molar-refractivity contribution < 1.29 is 19.0 Å². The summed E-state index contributed by atoms with van der Waals surface area (Å²) in [5, 5.41) is 9.59. The van der Waals surface area contributed by atoms with Gasteiger partial charge < -0.3 is 14.4 Å². The molecular formula is C23H19ClFNO4. The number of carbonyl (C=O) groups is 1. The summed E-state index contributed by atoms with van der Waals surface area (Å²) in [6.45, 7) is 2.14. The molecule has 1 aromatic heterocycles. The largest absolute Gasteiger partial charge is 0.508 e. The van der Waals surface area contributed by atoms with Crippen LogP contribution in [0.2, 0.25) is 5.02 Å². The van der Waals surface area contributed by atoms with Gasteiger partial charge in [0.2, 0.25) is 0 Å². The van der Waals surface area contributed by atoms with Gasteiger partial charge in [-0.05, 0) is 43.2 Å². The van der Waals surface area contributed by atoms with E-state index in [1.807, 2.05) is 0 Å². The lowest BCUT2D eigenvalue weighted by molar-refractivity contribution is -0.135. The average Bonchev–Trinajstić information content (AvgIpc) is 2.68. The second-order valence-corrected chi connectivity index (χ2v) is 7.71. The number of ether oxygens (including phenoxy) is 1. The van der Waals surface area contributed by atoms with Crippen LogP contribution in [0.5, 0.6) is 11.5 Å². The molecule has 0 unspecified atom stereocenters. The molecule has 1 aliphatic rings. The number of aromatic hydroxyl groups is 1. The number of hydrogen-bond donors (Lipinski definition) is 1. The zero-order valence-corrected chi connectivity index (χ0v) is 16.9. The van der Waals surface area contributed by atoms with Gasteiger partial charge in [-0.3, -0.25) is 9.59 Å². The van der Waals surface area contributed by atoms with E-state index in [0.29, 0.717) is 18.7 Å². The molecule has 0 saturated heterocycles. The second-order valence-electron chi connectivity index (χ2n) is 7.30. The second kappa shape index (κ2) is 7.95. The van der Waals surface area contributed by atoms with Gasteiger partial charge in [0.1, 0.15) is 17.3 Å². The lowest BCUT2D eigenvalue weighted by atomic mass is 9.86. The molecule has 1 aliphatic heterocycles. The molecule has 2 heterocycles. The van der Waals surface area contributed by atoms with E-state index in [2.05, 4.69) is 0 Å². The smallest absolute Gasteiger partial charge is 0.312 e. The Bertz CT molecular complexity index is 1170. The number of aryl methyl sites for hydroxylation is 2. The predicted molar refractivity (Wildman–Crippen MR) is 111 cm³/mol. The fraction of sp³-hybridized carbons (Fsp3) is 0.217. The molecule has 5 nitrogen and oxygen atoms in total. The Morgan fingerprint density at radius 2 is 1.90 bits per heavy atom. The minimum absolute atomic E-state index is 0.128. The Labute approximate surface area is 177 Å². The summed E-state index contributed by atoms with van der Waals surface area (Å²) >= 11 is 6.23. The van der Waals surface area contributed by atoms with Crippen molar-refractivity contribution in [2.45, 2.75) is 32.2 Å². The van der Waals surface area contributed by atoms with Crippen molar-refractivity contribution in [3.05, 3.63) is 92.1 Å². The maximum atomic E-state index is 14.6. The zero-order chi connectivity index (χ0) is 21.4. The van der Waals surface area contributed by atoms with Crippen molar-refractivity contribution in [3.8, 4) is 11.5 Å². The van der Waals surface area contributed by atoms with Crippen LogP contribution < -0.4 is 10.3 Å². The van der Waals surface area contributed by atoms with E-state index < -0.39 is 17.7 Å². The van der Waals surface area contributed by atoms with Crippen LogP contribution in [0.15, 0.2) is 53.3 Å². The van der Waals surface area contributed by atoms with Crippen molar-refractivity contribution in [3.63, 3.8) is 0 Å². The number of phenolic OH excluding ortho intramolecular Hbond substituents is 1. The number of nitrogens with zero attached hydrogens (tertiary/aromatic N) is 1. The molecule has 0 bridgehead atoms. The Kier molecular flexibility index (Phi) is 5.35. The number of esters is 1. The summed E-state index contributed by atoms with van der Waals surface area (Å²) in [6.07, 6.45) is 0.397. The van der Waals surface area contributed by atoms with Gasteiger partial charge in [-0.2, -0.15) is 0 Å². The third-order valence-electron chi connectivity index (χ3n) is 5.36. The van der Waals surface area contributed by atoms with E-state index in [0.717, 1.165) is 5.56 Å². The van der Waals surface area contributed by atoms with Gasteiger partial charge in [0.05, 0.1) is 12.0 Å². The van der Waals surface area contributed by atoms with Gasteiger partial charge in [-0.1, -0.05) is 29.8 Å². The topological polar surface area (TPSA) is 68.5 Å². The van der Waals surface area contributed by atoms with Crippen LogP contribution in [0, 0.1) is 12.7 Å².